The molecule has 0 amide bonds. The zero-order valence-electron chi connectivity index (χ0n) is 17.6. The van der Waals surface area contributed by atoms with Crippen LogP contribution in [0.4, 0.5) is 0 Å². The van der Waals surface area contributed by atoms with Gasteiger partial charge in [-0.2, -0.15) is 0 Å². The van der Waals surface area contributed by atoms with E-state index in [1.54, 1.807) is 0 Å². The number of cyclic esters (lactones) is 1. The second-order valence-electron chi connectivity index (χ2n) is 10.5. The van der Waals surface area contributed by atoms with Gasteiger partial charge in [0.1, 0.15) is 6.10 Å². The summed E-state index contributed by atoms with van der Waals surface area (Å²) in [6.45, 7) is 22.8. The zero-order valence-corrected chi connectivity index (χ0v) is 19.6. The van der Waals surface area contributed by atoms with Crippen LogP contribution in [0.2, 0.25) is 36.3 Å². The molecule has 2 aliphatic heterocycles. The molecule has 0 aliphatic carbocycles. The molecule has 25 heavy (non-hydrogen) atoms. The Kier molecular flexibility index (Phi) is 5.19. The van der Waals surface area contributed by atoms with Crippen molar-refractivity contribution < 1.29 is 23.1 Å². The summed E-state index contributed by atoms with van der Waals surface area (Å²) >= 11 is 0. The van der Waals surface area contributed by atoms with Gasteiger partial charge in [0.15, 0.2) is 22.7 Å². The Morgan fingerprint density at radius 3 is 1.92 bits per heavy atom. The summed E-state index contributed by atoms with van der Waals surface area (Å²) in [7, 11) is -3.98. The molecule has 0 aromatic rings. The highest BCUT2D eigenvalue weighted by Gasteiger charge is 2.69. The second kappa shape index (κ2) is 6.16. The minimum absolute atomic E-state index is 0.0551. The van der Waals surface area contributed by atoms with Gasteiger partial charge in [-0.1, -0.05) is 41.5 Å². The van der Waals surface area contributed by atoms with E-state index < -0.39 is 28.3 Å². The van der Waals surface area contributed by atoms with E-state index >= 15 is 0 Å². The predicted octanol–water partition coefficient (Wildman–Crippen LogP) is 4.09. The molecule has 0 unspecified atom stereocenters. The quantitative estimate of drug-likeness (QED) is 0.403. The topological polar surface area (TPSA) is 57.3 Å². The second-order valence-corrected chi connectivity index (χ2v) is 20.1. The molecule has 1 spiro atoms. The molecule has 0 aromatic heterocycles. The third kappa shape index (κ3) is 3.90. The van der Waals surface area contributed by atoms with Gasteiger partial charge < -0.3 is 18.3 Å². The molecule has 2 heterocycles. The van der Waals surface area contributed by atoms with Crippen LogP contribution in [-0.2, 0) is 23.1 Å². The number of carbonyl (C=O) groups is 1. The van der Waals surface area contributed by atoms with Crippen LogP contribution in [0.5, 0.6) is 0 Å². The first-order chi connectivity index (χ1) is 11.0. The standard InChI is InChI=1S/C18H36O5Si2/c1-16(2,3)24(7,8)21-11-13-14(18(12-20-18)15(19)22-13)23-25(9,10)17(4,5)6/h13-14H,11-12H2,1-10H3/t13-,14-,18+/m0/s1. The van der Waals surface area contributed by atoms with Crippen LogP contribution < -0.4 is 0 Å². The average molecular weight is 389 g/mol. The maximum Gasteiger partial charge on any atom is 0.344 e. The molecule has 0 bridgehead atoms. The Bertz CT molecular complexity index is 527. The van der Waals surface area contributed by atoms with Gasteiger partial charge in [0, 0.05) is 0 Å². The minimum atomic E-state index is -2.06. The number of rotatable bonds is 5. The van der Waals surface area contributed by atoms with Gasteiger partial charge in [-0.15, -0.1) is 0 Å². The molecule has 0 radical (unpaired) electrons. The number of carbonyl (C=O) groups excluding carboxylic acids is 1. The van der Waals surface area contributed by atoms with Gasteiger partial charge in [0.05, 0.1) is 13.2 Å². The Hall–Kier alpha value is -0.216. The fourth-order valence-electron chi connectivity index (χ4n) is 2.37. The maximum absolute atomic E-state index is 12.4. The molecule has 2 saturated heterocycles. The van der Waals surface area contributed by atoms with Crippen LogP contribution in [0.3, 0.4) is 0 Å². The summed E-state index contributed by atoms with van der Waals surface area (Å²) in [6, 6.07) is 0. The number of esters is 1. The predicted molar refractivity (Wildman–Crippen MR) is 104 cm³/mol. The molecule has 146 valence electrons. The van der Waals surface area contributed by atoms with Gasteiger partial charge in [-0.05, 0) is 36.3 Å². The molecule has 3 atom stereocenters. The Morgan fingerprint density at radius 2 is 1.52 bits per heavy atom. The molecule has 0 N–H and O–H groups in total. The Balaban J connectivity index is 2.16. The highest BCUT2D eigenvalue weighted by Crippen LogP contribution is 2.47. The highest BCUT2D eigenvalue weighted by atomic mass is 28.4. The largest absolute Gasteiger partial charge is 0.455 e. The lowest BCUT2D eigenvalue weighted by molar-refractivity contribution is -0.146. The van der Waals surface area contributed by atoms with E-state index in [1.807, 2.05) is 0 Å². The average Bonchev–Trinajstić information content (AvgIpc) is 3.15. The van der Waals surface area contributed by atoms with Gasteiger partial charge in [0.2, 0.25) is 5.60 Å². The Labute approximate surface area is 155 Å². The fraction of sp³-hybridized carbons (Fsp3) is 0.944. The smallest absolute Gasteiger partial charge is 0.344 e. The minimum Gasteiger partial charge on any atom is -0.455 e. The number of hydrogen-bond donors (Lipinski definition) is 0. The van der Waals surface area contributed by atoms with Crippen molar-refractivity contribution >= 4 is 22.6 Å². The van der Waals surface area contributed by atoms with Crippen LogP contribution in [-0.4, -0.2) is 53.6 Å². The first-order valence-corrected chi connectivity index (χ1v) is 15.0. The van der Waals surface area contributed by atoms with E-state index in [9.17, 15) is 4.79 Å². The van der Waals surface area contributed by atoms with Crippen molar-refractivity contribution in [3.8, 4) is 0 Å². The van der Waals surface area contributed by atoms with Crippen molar-refractivity contribution in [2.75, 3.05) is 13.2 Å². The van der Waals surface area contributed by atoms with Crippen LogP contribution in [0.15, 0.2) is 0 Å². The molecule has 5 nitrogen and oxygen atoms in total. The van der Waals surface area contributed by atoms with Gasteiger partial charge in [-0.3, -0.25) is 0 Å². The van der Waals surface area contributed by atoms with E-state index in [4.69, 9.17) is 18.3 Å². The Morgan fingerprint density at radius 1 is 1.04 bits per heavy atom. The molecule has 0 saturated carbocycles. The van der Waals surface area contributed by atoms with Gasteiger partial charge in [-0.25, -0.2) is 4.79 Å². The van der Waals surface area contributed by atoms with Gasteiger partial charge >= 0.3 is 5.97 Å². The van der Waals surface area contributed by atoms with E-state index in [-0.39, 0.29) is 22.1 Å². The first kappa shape index (κ1) is 21.1. The summed E-state index contributed by atoms with van der Waals surface area (Å²) in [5, 5.41) is 0.165. The third-order valence-corrected chi connectivity index (χ3v) is 15.5. The van der Waals surface area contributed by atoms with E-state index in [0.717, 1.165) is 0 Å². The summed E-state index contributed by atoms with van der Waals surface area (Å²) in [5.41, 5.74) is -0.892. The summed E-state index contributed by atoms with van der Waals surface area (Å²) < 4.78 is 24.1. The highest BCUT2D eigenvalue weighted by molar-refractivity contribution is 6.74. The van der Waals surface area contributed by atoms with Crippen LogP contribution in [0.25, 0.3) is 0 Å². The van der Waals surface area contributed by atoms with E-state index in [2.05, 4.69) is 67.7 Å². The molecular formula is C18H36O5Si2. The molecule has 7 heteroatoms. The van der Waals surface area contributed by atoms with Crippen molar-refractivity contribution in [3.05, 3.63) is 0 Å². The monoisotopic (exact) mass is 388 g/mol. The van der Waals surface area contributed by atoms with Crippen LogP contribution in [0, 0.1) is 0 Å². The lowest BCUT2D eigenvalue weighted by Crippen LogP contribution is -2.52. The first-order valence-electron chi connectivity index (χ1n) is 9.20. The molecule has 2 fully saturated rings. The lowest BCUT2D eigenvalue weighted by atomic mass is 10.0. The summed E-state index contributed by atoms with van der Waals surface area (Å²) in [6.07, 6.45) is -0.760. The van der Waals surface area contributed by atoms with E-state index in [1.165, 1.54) is 0 Å². The SMILES string of the molecule is CC(C)(C)[Si](C)(C)OC[C@@H]1OC(=O)[C@@]2(CO2)[C@H]1O[Si](C)(C)C(C)(C)C. The molecular weight excluding hydrogens is 352 g/mol. The third-order valence-electron chi connectivity index (χ3n) is 6.50. The van der Waals surface area contributed by atoms with Crippen molar-refractivity contribution in [3.63, 3.8) is 0 Å². The lowest BCUT2D eigenvalue weighted by Gasteiger charge is -2.40. The molecule has 2 aliphatic rings. The normalized spacial score (nSPS) is 30.7. The van der Waals surface area contributed by atoms with Crippen molar-refractivity contribution in [1.82, 2.24) is 0 Å². The summed E-state index contributed by atoms with van der Waals surface area (Å²) in [5.74, 6) is -0.292. The van der Waals surface area contributed by atoms with Crippen LogP contribution >= 0.6 is 0 Å². The van der Waals surface area contributed by atoms with Crippen molar-refractivity contribution in [2.24, 2.45) is 0 Å². The fourth-order valence-corrected chi connectivity index (χ4v) is 4.71. The number of epoxide rings is 1. The van der Waals surface area contributed by atoms with Gasteiger partial charge in [0.25, 0.3) is 0 Å². The van der Waals surface area contributed by atoms with Crippen molar-refractivity contribution in [2.45, 2.75) is 95.6 Å². The van der Waals surface area contributed by atoms with E-state index in [0.29, 0.717) is 13.2 Å². The molecule has 0 aromatic carbocycles. The number of ether oxygens (including phenoxy) is 2. The molecule has 2 rings (SSSR count). The zero-order chi connectivity index (χ0) is 19.5. The maximum atomic E-state index is 12.4. The van der Waals surface area contributed by atoms with Crippen molar-refractivity contribution in [1.29, 1.82) is 0 Å². The van der Waals surface area contributed by atoms with Crippen LogP contribution in [0.1, 0.15) is 41.5 Å². The summed E-state index contributed by atoms with van der Waals surface area (Å²) in [4.78, 5) is 12.4. The number of hydrogen-bond acceptors (Lipinski definition) is 5.